The zero-order chi connectivity index (χ0) is 18.4. The monoisotopic (exact) mass is 366 g/mol. The van der Waals surface area contributed by atoms with Crippen LogP contribution in [-0.4, -0.2) is 29.4 Å². The highest BCUT2D eigenvalue weighted by atomic mass is 32.1. The van der Waals surface area contributed by atoms with Crippen molar-refractivity contribution in [2.75, 3.05) is 13.7 Å². The van der Waals surface area contributed by atoms with E-state index in [9.17, 15) is 4.79 Å². The Morgan fingerprint density at radius 3 is 2.77 bits per heavy atom. The molecule has 1 aromatic carbocycles. The third kappa shape index (κ3) is 2.76. The van der Waals surface area contributed by atoms with Crippen LogP contribution in [-0.2, 0) is 13.0 Å². The summed E-state index contributed by atoms with van der Waals surface area (Å²) in [6.07, 6.45) is 0.860. The van der Waals surface area contributed by atoms with Crippen molar-refractivity contribution in [3.63, 3.8) is 0 Å². The molecule has 26 heavy (non-hydrogen) atoms. The highest BCUT2D eigenvalue weighted by Crippen LogP contribution is 2.34. The summed E-state index contributed by atoms with van der Waals surface area (Å²) in [5.74, 6) is 0.991. The van der Waals surface area contributed by atoms with Crippen LogP contribution in [0.1, 0.15) is 37.6 Å². The highest BCUT2D eigenvalue weighted by Gasteiger charge is 2.26. The van der Waals surface area contributed by atoms with Crippen molar-refractivity contribution < 1.29 is 9.53 Å². The number of carbonyl (C=O) groups is 1. The number of pyridine rings is 1. The fourth-order valence-corrected chi connectivity index (χ4v) is 5.07. The number of fused-ring (bicyclic) bond motifs is 2. The lowest BCUT2D eigenvalue weighted by atomic mass is 9.99. The zero-order valence-electron chi connectivity index (χ0n) is 15.5. The molecular weight excluding hydrogens is 344 g/mol. The van der Waals surface area contributed by atoms with E-state index in [1.54, 1.807) is 7.11 Å². The van der Waals surface area contributed by atoms with Crippen LogP contribution in [0, 0.1) is 20.8 Å². The van der Waals surface area contributed by atoms with Crippen molar-refractivity contribution in [3.05, 3.63) is 57.1 Å². The molecular formula is C21H22N2O2S. The lowest BCUT2D eigenvalue weighted by Gasteiger charge is -2.29. The van der Waals surface area contributed by atoms with Gasteiger partial charge in [-0.15, -0.1) is 11.3 Å². The van der Waals surface area contributed by atoms with Gasteiger partial charge in [0.2, 0.25) is 0 Å². The van der Waals surface area contributed by atoms with E-state index < -0.39 is 0 Å². The molecule has 0 spiro atoms. The van der Waals surface area contributed by atoms with Crippen LogP contribution in [0.15, 0.2) is 24.3 Å². The Labute approximate surface area is 157 Å². The number of aromatic nitrogens is 1. The largest absolute Gasteiger partial charge is 0.497 e. The maximum atomic E-state index is 13.2. The maximum absolute atomic E-state index is 13.2. The van der Waals surface area contributed by atoms with E-state index in [4.69, 9.17) is 4.74 Å². The number of hydrogen-bond acceptors (Lipinski definition) is 4. The summed E-state index contributed by atoms with van der Waals surface area (Å²) >= 11 is 1.52. The molecule has 0 fully saturated rings. The summed E-state index contributed by atoms with van der Waals surface area (Å²) in [6, 6.07) is 8.20. The zero-order valence-corrected chi connectivity index (χ0v) is 16.4. The first-order valence-electron chi connectivity index (χ1n) is 8.80. The van der Waals surface area contributed by atoms with Crippen LogP contribution in [0.2, 0.25) is 0 Å². The molecule has 134 valence electrons. The molecule has 1 aliphatic rings. The van der Waals surface area contributed by atoms with E-state index >= 15 is 0 Å². The average molecular weight is 366 g/mol. The van der Waals surface area contributed by atoms with Crippen molar-refractivity contribution in [2.45, 2.75) is 33.7 Å². The van der Waals surface area contributed by atoms with Crippen LogP contribution in [0.4, 0.5) is 0 Å². The number of rotatable bonds is 2. The smallest absolute Gasteiger partial charge is 0.264 e. The molecule has 0 saturated heterocycles. The number of carbonyl (C=O) groups excluding carboxylic acids is 1. The number of thiophene rings is 1. The fourth-order valence-electron chi connectivity index (χ4n) is 3.80. The summed E-state index contributed by atoms with van der Waals surface area (Å²) in [4.78, 5) is 21.6. The van der Waals surface area contributed by atoms with Crippen molar-refractivity contribution in [3.8, 4) is 5.75 Å². The van der Waals surface area contributed by atoms with Crippen molar-refractivity contribution in [2.24, 2.45) is 0 Å². The van der Waals surface area contributed by atoms with Gasteiger partial charge < -0.3 is 9.64 Å². The Hall–Kier alpha value is -2.40. The van der Waals surface area contributed by atoms with Gasteiger partial charge in [-0.25, -0.2) is 4.98 Å². The van der Waals surface area contributed by atoms with Gasteiger partial charge in [0.1, 0.15) is 10.6 Å². The van der Waals surface area contributed by atoms with Crippen molar-refractivity contribution in [1.29, 1.82) is 0 Å². The van der Waals surface area contributed by atoms with Gasteiger partial charge in [0.05, 0.1) is 12.0 Å². The van der Waals surface area contributed by atoms with Crippen molar-refractivity contribution in [1.82, 2.24) is 9.88 Å². The lowest BCUT2D eigenvalue weighted by Crippen LogP contribution is -2.35. The first kappa shape index (κ1) is 17.0. The second kappa shape index (κ2) is 6.40. The average Bonchev–Trinajstić information content (AvgIpc) is 2.96. The summed E-state index contributed by atoms with van der Waals surface area (Å²) in [5.41, 5.74) is 5.72. The van der Waals surface area contributed by atoms with Crippen LogP contribution < -0.4 is 4.74 Å². The fraction of sp³-hybridized carbons (Fsp3) is 0.333. The van der Waals surface area contributed by atoms with Crippen LogP contribution in [0.5, 0.6) is 5.75 Å². The highest BCUT2D eigenvalue weighted by molar-refractivity contribution is 7.20. The van der Waals surface area contributed by atoms with Gasteiger partial charge in [0.15, 0.2) is 0 Å². The maximum Gasteiger partial charge on any atom is 0.264 e. The number of nitrogens with zero attached hydrogens (tertiary/aromatic N) is 2. The van der Waals surface area contributed by atoms with Crippen LogP contribution in [0.3, 0.4) is 0 Å². The molecule has 0 N–H and O–H groups in total. The number of ether oxygens (including phenoxy) is 1. The van der Waals surface area contributed by atoms with E-state index in [0.717, 1.165) is 45.1 Å². The molecule has 0 atom stereocenters. The minimum absolute atomic E-state index is 0.115. The number of amides is 1. The molecule has 1 amide bonds. The van der Waals surface area contributed by atoms with Gasteiger partial charge in [0, 0.05) is 24.2 Å². The Bertz CT molecular complexity index is 1020. The SMILES string of the molecule is COc1ccc2c(c1)CCN(C(=O)c1sc3nc(C)cc(C)c3c1C)C2. The Balaban J connectivity index is 1.67. The van der Waals surface area contributed by atoms with E-state index in [0.29, 0.717) is 6.54 Å². The summed E-state index contributed by atoms with van der Waals surface area (Å²) in [7, 11) is 1.68. The minimum Gasteiger partial charge on any atom is -0.497 e. The molecule has 0 radical (unpaired) electrons. The second-order valence-corrected chi connectivity index (χ2v) is 7.93. The number of methoxy groups -OCH3 is 1. The first-order chi connectivity index (χ1) is 12.5. The van der Waals surface area contributed by atoms with Gasteiger partial charge in [-0.05, 0) is 67.6 Å². The summed E-state index contributed by atoms with van der Waals surface area (Å²) in [5, 5.41) is 1.13. The molecule has 3 aromatic rings. The van der Waals surface area contributed by atoms with E-state index in [1.165, 1.54) is 28.0 Å². The standard InChI is InChI=1S/C21H22N2O2S/c1-12-9-13(2)22-20-18(12)14(3)19(26-20)21(24)23-8-7-15-10-17(25-4)6-5-16(15)11-23/h5-6,9-10H,7-8,11H2,1-4H3. The molecule has 0 unspecified atom stereocenters. The predicted molar refractivity (Wildman–Crippen MR) is 105 cm³/mol. The predicted octanol–water partition coefficient (Wildman–Crippen LogP) is 4.43. The van der Waals surface area contributed by atoms with Gasteiger partial charge >= 0.3 is 0 Å². The van der Waals surface area contributed by atoms with Gasteiger partial charge in [-0.2, -0.15) is 0 Å². The van der Waals surface area contributed by atoms with E-state index in [2.05, 4.69) is 30.1 Å². The Morgan fingerprint density at radius 2 is 2.00 bits per heavy atom. The number of aryl methyl sites for hydroxylation is 3. The summed E-state index contributed by atoms with van der Waals surface area (Å²) in [6.45, 7) is 7.52. The van der Waals surface area contributed by atoms with Crippen LogP contribution >= 0.6 is 11.3 Å². The Kier molecular flexibility index (Phi) is 4.19. The van der Waals surface area contributed by atoms with Gasteiger partial charge in [0.25, 0.3) is 5.91 Å². The molecule has 4 rings (SSSR count). The minimum atomic E-state index is 0.115. The molecule has 0 saturated carbocycles. The Morgan fingerprint density at radius 1 is 1.19 bits per heavy atom. The van der Waals surface area contributed by atoms with Crippen LogP contribution in [0.25, 0.3) is 10.2 Å². The van der Waals surface area contributed by atoms with Gasteiger partial charge in [-0.3, -0.25) is 4.79 Å². The topological polar surface area (TPSA) is 42.4 Å². The molecule has 0 bridgehead atoms. The van der Waals surface area contributed by atoms with Gasteiger partial charge in [-0.1, -0.05) is 6.07 Å². The molecule has 0 aliphatic carbocycles. The molecule has 1 aliphatic heterocycles. The van der Waals surface area contributed by atoms with E-state index in [-0.39, 0.29) is 5.91 Å². The second-order valence-electron chi connectivity index (χ2n) is 6.93. The number of benzene rings is 1. The first-order valence-corrected chi connectivity index (χ1v) is 9.62. The molecule has 2 aromatic heterocycles. The molecule has 3 heterocycles. The number of hydrogen-bond donors (Lipinski definition) is 0. The lowest BCUT2D eigenvalue weighted by molar-refractivity contribution is 0.0739. The van der Waals surface area contributed by atoms with E-state index in [1.807, 2.05) is 24.8 Å². The molecule has 5 heteroatoms. The quantitative estimate of drug-likeness (QED) is 0.674. The normalized spacial score (nSPS) is 13.8. The molecule has 4 nitrogen and oxygen atoms in total. The third-order valence-electron chi connectivity index (χ3n) is 5.13. The third-order valence-corrected chi connectivity index (χ3v) is 6.31. The summed E-state index contributed by atoms with van der Waals surface area (Å²) < 4.78 is 5.31. The van der Waals surface area contributed by atoms with Crippen molar-refractivity contribution >= 4 is 27.5 Å².